The Hall–Kier alpha value is -2.92. The maximum absolute atomic E-state index is 13.0. The Morgan fingerprint density at radius 1 is 1.03 bits per heavy atom. The summed E-state index contributed by atoms with van der Waals surface area (Å²) in [5.41, 5.74) is -1.01. The lowest BCUT2D eigenvalue weighted by atomic mass is 10.1. The van der Waals surface area contributed by atoms with Crippen LogP contribution < -0.4 is 10.6 Å². The maximum Gasteiger partial charge on any atom is 0.418 e. The van der Waals surface area contributed by atoms with E-state index >= 15 is 0 Å². The summed E-state index contributed by atoms with van der Waals surface area (Å²) < 4.78 is 43.8. The first kappa shape index (κ1) is 23.4. The second kappa shape index (κ2) is 10.2. The molecule has 0 bridgehead atoms. The number of likely N-dealkylation sites (N-methyl/N-ethyl adjacent to an activating group) is 1. The molecule has 0 fully saturated rings. The van der Waals surface area contributed by atoms with Crippen LogP contribution in [0.1, 0.15) is 22.2 Å². The highest BCUT2D eigenvalue weighted by Crippen LogP contribution is 2.34. The molecule has 30 heavy (non-hydrogen) atoms. The first-order valence-electron chi connectivity index (χ1n) is 8.79. The van der Waals surface area contributed by atoms with Gasteiger partial charge < -0.3 is 15.4 Å². The van der Waals surface area contributed by atoms with Crippen molar-refractivity contribution in [3.05, 3.63) is 46.2 Å². The molecule has 0 saturated carbocycles. The van der Waals surface area contributed by atoms with Crippen molar-refractivity contribution in [2.75, 3.05) is 37.4 Å². The monoisotopic (exact) mass is 443 g/mol. The SMILES string of the molecule is CCN(CC(=O)Nc1ccccc1C(F)(F)F)CC(=O)Nc1ccsc1C(=O)OC. The minimum Gasteiger partial charge on any atom is -0.465 e. The molecule has 162 valence electrons. The van der Waals surface area contributed by atoms with Crippen LogP contribution in [0.2, 0.25) is 0 Å². The number of alkyl halides is 3. The molecule has 0 aliphatic carbocycles. The molecule has 2 rings (SSSR count). The number of methoxy groups -OCH3 is 1. The van der Waals surface area contributed by atoms with E-state index in [-0.39, 0.29) is 29.3 Å². The Kier molecular flexibility index (Phi) is 7.95. The van der Waals surface area contributed by atoms with E-state index in [0.29, 0.717) is 6.54 Å². The van der Waals surface area contributed by atoms with Crippen LogP contribution in [0.25, 0.3) is 0 Å². The minimum absolute atomic E-state index is 0.193. The van der Waals surface area contributed by atoms with Gasteiger partial charge in [-0.2, -0.15) is 13.2 Å². The number of carbonyl (C=O) groups is 3. The topological polar surface area (TPSA) is 87.7 Å². The van der Waals surface area contributed by atoms with Gasteiger partial charge in [0.05, 0.1) is 37.1 Å². The van der Waals surface area contributed by atoms with E-state index in [1.54, 1.807) is 18.4 Å². The van der Waals surface area contributed by atoms with Gasteiger partial charge in [-0.05, 0) is 30.1 Å². The van der Waals surface area contributed by atoms with E-state index in [1.807, 2.05) is 0 Å². The van der Waals surface area contributed by atoms with Crippen molar-refractivity contribution in [2.45, 2.75) is 13.1 Å². The number of benzene rings is 1. The zero-order chi connectivity index (χ0) is 22.3. The number of rotatable bonds is 8. The zero-order valence-corrected chi connectivity index (χ0v) is 17.0. The molecule has 1 heterocycles. The van der Waals surface area contributed by atoms with E-state index in [1.165, 1.54) is 24.1 Å². The molecule has 0 unspecified atom stereocenters. The second-order valence-electron chi connectivity index (χ2n) is 6.10. The highest BCUT2D eigenvalue weighted by Gasteiger charge is 2.33. The number of hydrogen-bond acceptors (Lipinski definition) is 6. The fourth-order valence-electron chi connectivity index (χ4n) is 2.56. The molecular formula is C19H20F3N3O4S. The third kappa shape index (κ3) is 6.29. The number of thiophene rings is 1. The fraction of sp³-hybridized carbons (Fsp3) is 0.316. The van der Waals surface area contributed by atoms with Gasteiger partial charge in [-0.3, -0.25) is 14.5 Å². The third-order valence-electron chi connectivity index (χ3n) is 4.00. The van der Waals surface area contributed by atoms with E-state index in [0.717, 1.165) is 23.5 Å². The van der Waals surface area contributed by atoms with E-state index in [4.69, 9.17) is 0 Å². The molecule has 2 amide bonds. The molecule has 0 radical (unpaired) electrons. The Morgan fingerprint density at radius 2 is 1.63 bits per heavy atom. The number of anilines is 2. The lowest BCUT2D eigenvalue weighted by Crippen LogP contribution is -2.39. The lowest BCUT2D eigenvalue weighted by molar-refractivity contribution is -0.137. The number of carbonyl (C=O) groups excluding carboxylic acids is 3. The van der Waals surface area contributed by atoms with Crippen LogP contribution >= 0.6 is 11.3 Å². The van der Waals surface area contributed by atoms with Gasteiger partial charge in [-0.25, -0.2) is 4.79 Å². The van der Waals surface area contributed by atoms with Gasteiger partial charge in [0.1, 0.15) is 4.88 Å². The average molecular weight is 443 g/mol. The summed E-state index contributed by atoms with van der Waals surface area (Å²) in [5.74, 6) is -1.76. The quantitative estimate of drug-likeness (QED) is 0.611. The van der Waals surface area contributed by atoms with Gasteiger partial charge in [0.25, 0.3) is 0 Å². The van der Waals surface area contributed by atoms with E-state index in [2.05, 4.69) is 15.4 Å². The van der Waals surface area contributed by atoms with Gasteiger partial charge in [0.15, 0.2) is 0 Å². The third-order valence-corrected chi connectivity index (χ3v) is 4.89. The summed E-state index contributed by atoms with van der Waals surface area (Å²) in [6.45, 7) is 1.52. The molecule has 0 aliphatic rings. The second-order valence-corrected chi connectivity index (χ2v) is 7.01. The molecule has 0 atom stereocenters. The molecule has 2 aromatic rings. The van der Waals surface area contributed by atoms with E-state index < -0.39 is 29.5 Å². The summed E-state index contributed by atoms with van der Waals surface area (Å²) in [4.78, 5) is 37.9. The fourth-order valence-corrected chi connectivity index (χ4v) is 3.33. The van der Waals surface area contributed by atoms with Crippen molar-refractivity contribution in [3.63, 3.8) is 0 Å². The van der Waals surface area contributed by atoms with Crippen molar-refractivity contribution in [1.29, 1.82) is 0 Å². The van der Waals surface area contributed by atoms with Crippen molar-refractivity contribution < 1.29 is 32.3 Å². The molecule has 0 saturated heterocycles. The number of hydrogen-bond donors (Lipinski definition) is 2. The summed E-state index contributed by atoms with van der Waals surface area (Å²) in [7, 11) is 1.22. The van der Waals surface area contributed by atoms with Crippen LogP contribution in [0.3, 0.4) is 0 Å². The largest absolute Gasteiger partial charge is 0.465 e. The summed E-state index contributed by atoms with van der Waals surface area (Å²) >= 11 is 1.11. The predicted molar refractivity (Wildman–Crippen MR) is 106 cm³/mol. The Labute approximate surface area is 174 Å². The van der Waals surface area contributed by atoms with Gasteiger partial charge in [-0.1, -0.05) is 19.1 Å². The van der Waals surface area contributed by atoms with Crippen LogP contribution in [0, 0.1) is 0 Å². The Bertz CT molecular complexity index is 914. The van der Waals surface area contributed by atoms with Crippen LogP contribution in [0.15, 0.2) is 35.7 Å². The van der Waals surface area contributed by atoms with Gasteiger partial charge in [-0.15, -0.1) is 11.3 Å². The summed E-state index contributed by atoms with van der Waals surface area (Å²) in [5, 5.41) is 6.43. The summed E-state index contributed by atoms with van der Waals surface area (Å²) in [6.07, 6.45) is -4.61. The first-order chi connectivity index (χ1) is 14.2. The molecule has 7 nitrogen and oxygen atoms in total. The molecule has 1 aromatic carbocycles. The summed E-state index contributed by atoms with van der Waals surface area (Å²) in [6, 6.07) is 6.20. The average Bonchev–Trinajstić information content (AvgIpc) is 3.14. The molecule has 0 aliphatic heterocycles. The lowest BCUT2D eigenvalue weighted by Gasteiger charge is -2.20. The molecule has 1 aromatic heterocycles. The number of amides is 2. The van der Waals surface area contributed by atoms with Crippen molar-refractivity contribution in [3.8, 4) is 0 Å². The maximum atomic E-state index is 13.0. The number of esters is 1. The first-order valence-corrected chi connectivity index (χ1v) is 9.67. The van der Waals surface area contributed by atoms with Gasteiger partial charge >= 0.3 is 12.1 Å². The number of ether oxygens (including phenoxy) is 1. The van der Waals surface area contributed by atoms with Gasteiger partial charge in [0.2, 0.25) is 11.8 Å². The Morgan fingerprint density at radius 3 is 2.20 bits per heavy atom. The zero-order valence-electron chi connectivity index (χ0n) is 16.2. The Balaban J connectivity index is 1.98. The predicted octanol–water partition coefficient (Wildman–Crippen LogP) is 3.45. The molecule has 0 spiro atoms. The molecule has 11 heteroatoms. The van der Waals surface area contributed by atoms with Crippen molar-refractivity contribution >= 4 is 40.5 Å². The highest BCUT2D eigenvalue weighted by atomic mass is 32.1. The van der Waals surface area contributed by atoms with Crippen LogP contribution in [-0.4, -0.2) is 49.4 Å². The van der Waals surface area contributed by atoms with Gasteiger partial charge in [0, 0.05) is 0 Å². The van der Waals surface area contributed by atoms with Crippen LogP contribution in [0.4, 0.5) is 24.5 Å². The normalized spacial score (nSPS) is 11.3. The van der Waals surface area contributed by atoms with Crippen molar-refractivity contribution in [2.24, 2.45) is 0 Å². The number of halogens is 3. The number of para-hydroxylation sites is 1. The van der Waals surface area contributed by atoms with Crippen molar-refractivity contribution in [1.82, 2.24) is 4.90 Å². The minimum atomic E-state index is -4.61. The van der Waals surface area contributed by atoms with Crippen LogP contribution in [-0.2, 0) is 20.5 Å². The molecule has 2 N–H and O–H groups in total. The standard InChI is InChI=1S/C19H20F3N3O4S/c1-3-25(11-16(27)24-14-8-9-30-17(14)18(28)29-2)10-15(26)23-13-7-5-4-6-12(13)19(20,21)22/h4-9H,3,10-11H2,1-2H3,(H,23,26)(H,24,27). The smallest absolute Gasteiger partial charge is 0.418 e. The molecular weight excluding hydrogens is 423 g/mol. The van der Waals surface area contributed by atoms with Crippen LogP contribution in [0.5, 0.6) is 0 Å². The number of nitrogens with one attached hydrogen (secondary N) is 2. The van der Waals surface area contributed by atoms with E-state index in [9.17, 15) is 27.6 Å². The highest BCUT2D eigenvalue weighted by molar-refractivity contribution is 7.12. The number of nitrogens with zero attached hydrogens (tertiary/aromatic N) is 1.